The van der Waals surface area contributed by atoms with E-state index in [1.165, 1.54) is 35.6 Å². The smallest absolute Gasteiger partial charge is 0.254 e. The summed E-state index contributed by atoms with van der Waals surface area (Å²) < 4.78 is -0.541. The second-order valence-corrected chi connectivity index (χ2v) is 13.0. The van der Waals surface area contributed by atoms with Crippen LogP contribution in [-0.2, 0) is 16.0 Å². The molecule has 4 rings (SSSR count). The maximum absolute atomic E-state index is 13.9. The Bertz CT molecular complexity index is 1200. The van der Waals surface area contributed by atoms with Crippen LogP contribution in [0.2, 0.25) is 0 Å². The van der Waals surface area contributed by atoms with Gasteiger partial charge in [0.1, 0.15) is 11.8 Å². The molecule has 2 aromatic carbocycles. The predicted molar refractivity (Wildman–Crippen MR) is 157 cm³/mol. The highest BCUT2D eigenvalue weighted by Gasteiger charge is 2.50. The number of phenols is 1. The van der Waals surface area contributed by atoms with Gasteiger partial charge >= 0.3 is 0 Å². The average molecular weight is 568 g/mol. The number of hydrogen-bond acceptors (Lipinski definition) is 6. The Morgan fingerprint density at radius 1 is 1.02 bits per heavy atom. The summed E-state index contributed by atoms with van der Waals surface area (Å²) in [7, 11) is 0. The van der Waals surface area contributed by atoms with Crippen LogP contribution in [-0.4, -0.2) is 67.7 Å². The summed E-state index contributed by atoms with van der Waals surface area (Å²) in [6, 6.07) is 12.4. The molecular weight excluding hydrogens is 526 g/mol. The zero-order valence-corrected chi connectivity index (χ0v) is 24.4. The quantitative estimate of drug-likeness (QED) is 0.359. The average Bonchev–Trinajstić information content (AvgIpc) is 3.07. The molecule has 0 aromatic heterocycles. The van der Waals surface area contributed by atoms with Gasteiger partial charge in [-0.15, -0.1) is 11.8 Å². The lowest BCUT2D eigenvalue weighted by Crippen LogP contribution is -2.59. The zero-order chi connectivity index (χ0) is 28.9. The van der Waals surface area contributed by atoms with Crippen molar-refractivity contribution in [3.63, 3.8) is 0 Å². The molecule has 0 spiro atoms. The highest BCUT2D eigenvalue weighted by Crippen LogP contribution is 2.40. The number of aromatic hydroxyl groups is 1. The number of carbonyl (C=O) groups excluding carboxylic acids is 3. The van der Waals surface area contributed by atoms with E-state index in [0.29, 0.717) is 5.56 Å². The Labute approximate surface area is 240 Å². The van der Waals surface area contributed by atoms with Gasteiger partial charge in [-0.25, -0.2) is 0 Å². The monoisotopic (exact) mass is 567 g/mol. The first kappa shape index (κ1) is 29.9. The normalized spacial score (nSPS) is 20.8. The van der Waals surface area contributed by atoms with Gasteiger partial charge in [-0.2, -0.15) is 0 Å². The summed E-state index contributed by atoms with van der Waals surface area (Å²) in [6.07, 6.45) is 4.99. The molecule has 1 aliphatic carbocycles. The van der Waals surface area contributed by atoms with Crippen molar-refractivity contribution < 1.29 is 24.6 Å². The summed E-state index contributed by atoms with van der Waals surface area (Å²) in [5.41, 5.74) is 1.51. The first-order chi connectivity index (χ1) is 19.1. The molecule has 0 unspecified atom stereocenters. The molecule has 8 nitrogen and oxygen atoms in total. The molecule has 216 valence electrons. The van der Waals surface area contributed by atoms with Crippen molar-refractivity contribution in [1.82, 2.24) is 15.5 Å². The molecular formula is C31H41N3O5S. The minimum Gasteiger partial charge on any atom is -0.508 e. The van der Waals surface area contributed by atoms with Crippen molar-refractivity contribution in [2.45, 2.75) is 94.7 Å². The number of carbonyl (C=O) groups is 3. The van der Waals surface area contributed by atoms with Gasteiger partial charge in [0.05, 0.1) is 11.9 Å². The standard InChI is InChI=1S/C31H41N3O5S/c1-20-23(16-11-17-25(20)35)28(37)33-24(18-21-12-7-6-8-13-21)26(36)30(39)34-19-40-31(2,3)27(34)29(38)32-22-14-9-4-5-10-15-22/h6-8,11-13,16-17,22,24,26-27,35-36H,4-5,9-10,14-15,18-19H2,1-3H3,(H,32,38)(H,33,37)/t24-,26-,27-/m0/s1. The van der Waals surface area contributed by atoms with E-state index in [4.69, 9.17) is 0 Å². The van der Waals surface area contributed by atoms with Gasteiger partial charge in [0.25, 0.3) is 11.8 Å². The maximum atomic E-state index is 13.9. The Morgan fingerprint density at radius 3 is 2.38 bits per heavy atom. The molecule has 2 fully saturated rings. The van der Waals surface area contributed by atoms with Crippen LogP contribution >= 0.6 is 11.8 Å². The molecule has 3 amide bonds. The molecule has 3 atom stereocenters. The number of aliphatic hydroxyl groups excluding tert-OH is 1. The summed E-state index contributed by atoms with van der Waals surface area (Å²) in [6.45, 7) is 5.53. The van der Waals surface area contributed by atoms with Crippen molar-refractivity contribution in [3.05, 3.63) is 65.2 Å². The van der Waals surface area contributed by atoms with Crippen LogP contribution in [0, 0.1) is 6.92 Å². The van der Waals surface area contributed by atoms with E-state index < -0.39 is 34.7 Å². The third-order valence-electron chi connectivity index (χ3n) is 8.08. The topological polar surface area (TPSA) is 119 Å². The Morgan fingerprint density at radius 2 is 1.70 bits per heavy atom. The number of nitrogens with zero attached hydrogens (tertiary/aromatic N) is 1. The van der Waals surface area contributed by atoms with Crippen molar-refractivity contribution in [2.24, 2.45) is 0 Å². The molecule has 9 heteroatoms. The van der Waals surface area contributed by atoms with Gasteiger partial charge in [0.2, 0.25) is 5.91 Å². The molecule has 1 saturated heterocycles. The lowest BCUT2D eigenvalue weighted by atomic mass is 9.96. The fraction of sp³-hybridized carbons (Fsp3) is 0.516. The van der Waals surface area contributed by atoms with Crippen LogP contribution < -0.4 is 10.6 Å². The minimum atomic E-state index is -1.58. The summed E-state index contributed by atoms with van der Waals surface area (Å²) in [4.78, 5) is 42.2. The van der Waals surface area contributed by atoms with E-state index in [-0.39, 0.29) is 35.6 Å². The number of thioether (sulfide) groups is 1. The van der Waals surface area contributed by atoms with E-state index in [9.17, 15) is 24.6 Å². The number of amides is 3. The highest BCUT2D eigenvalue weighted by molar-refractivity contribution is 8.00. The number of phenolic OH excluding ortho intramolecular Hbond substituents is 1. The number of hydrogen-bond donors (Lipinski definition) is 4. The summed E-state index contributed by atoms with van der Waals surface area (Å²) in [5.74, 6) is -1.03. The molecule has 40 heavy (non-hydrogen) atoms. The first-order valence-electron chi connectivity index (χ1n) is 14.1. The van der Waals surface area contributed by atoms with Gasteiger partial charge in [-0.3, -0.25) is 14.4 Å². The Balaban J connectivity index is 1.56. The number of benzene rings is 2. The second kappa shape index (κ2) is 13.1. The van der Waals surface area contributed by atoms with Crippen molar-refractivity contribution in [2.75, 3.05) is 5.88 Å². The Kier molecular flexibility index (Phi) is 9.79. The summed E-state index contributed by atoms with van der Waals surface area (Å²) in [5, 5.41) is 27.6. The lowest BCUT2D eigenvalue weighted by molar-refractivity contribution is -0.147. The zero-order valence-electron chi connectivity index (χ0n) is 23.6. The number of aliphatic hydroxyl groups is 1. The van der Waals surface area contributed by atoms with E-state index in [0.717, 1.165) is 31.2 Å². The molecule has 1 heterocycles. The second-order valence-electron chi connectivity index (χ2n) is 11.4. The van der Waals surface area contributed by atoms with Crippen molar-refractivity contribution in [1.29, 1.82) is 0 Å². The van der Waals surface area contributed by atoms with Gasteiger partial charge < -0.3 is 25.7 Å². The molecule has 2 aliphatic rings. The molecule has 2 aromatic rings. The maximum Gasteiger partial charge on any atom is 0.254 e. The van der Waals surface area contributed by atoms with Gasteiger partial charge in [0.15, 0.2) is 6.10 Å². The SMILES string of the molecule is Cc1c(O)cccc1C(=O)N[C@@H](Cc1ccccc1)[C@H](O)C(=O)N1CSC(C)(C)[C@@H]1C(=O)NC1CCCCCC1. The number of nitrogens with one attached hydrogen (secondary N) is 2. The van der Waals surface area contributed by atoms with Gasteiger partial charge in [-0.1, -0.05) is 62.1 Å². The van der Waals surface area contributed by atoms with Crippen LogP contribution in [0.3, 0.4) is 0 Å². The van der Waals surface area contributed by atoms with E-state index in [1.54, 1.807) is 19.1 Å². The first-order valence-corrected chi connectivity index (χ1v) is 15.1. The third kappa shape index (κ3) is 6.99. The molecule has 0 bridgehead atoms. The lowest BCUT2D eigenvalue weighted by Gasteiger charge is -2.34. The van der Waals surface area contributed by atoms with Crippen LogP contribution in [0.5, 0.6) is 5.75 Å². The largest absolute Gasteiger partial charge is 0.508 e. The molecule has 1 aliphatic heterocycles. The van der Waals surface area contributed by atoms with E-state index in [2.05, 4.69) is 10.6 Å². The van der Waals surface area contributed by atoms with Gasteiger partial charge in [0, 0.05) is 21.9 Å². The predicted octanol–water partition coefficient (Wildman–Crippen LogP) is 3.92. The van der Waals surface area contributed by atoms with Crippen LogP contribution in [0.4, 0.5) is 0 Å². The number of rotatable bonds is 8. The summed E-state index contributed by atoms with van der Waals surface area (Å²) >= 11 is 1.50. The van der Waals surface area contributed by atoms with Crippen molar-refractivity contribution in [3.8, 4) is 5.75 Å². The third-order valence-corrected chi connectivity index (χ3v) is 9.45. The highest BCUT2D eigenvalue weighted by atomic mass is 32.2. The fourth-order valence-electron chi connectivity index (χ4n) is 5.68. The van der Waals surface area contributed by atoms with Crippen molar-refractivity contribution >= 4 is 29.5 Å². The fourth-order valence-corrected chi connectivity index (χ4v) is 6.82. The molecule has 4 N–H and O–H groups in total. The molecule has 1 saturated carbocycles. The Hall–Kier alpha value is -3.04. The molecule has 0 radical (unpaired) electrons. The van der Waals surface area contributed by atoms with Gasteiger partial charge in [-0.05, 0) is 57.7 Å². The van der Waals surface area contributed by atoms with Crippen LogP contribution in [0.15, 0.2) is 48.5 Å². The van der Waals surface area contributed by atoms with E-state index in [1.807, 2.05) is 44.2 Å². The van der Waals surface area contributed by atoms with E-state index >= 15 is 0 Å². The van der Waals surface area contributed by atoms with Crippen LogP contribution in [0.1, 0.15) is 73.9 Å². The minimum absolute atomic E-state index is 0.0114. The van der Waals surface area contributed by atoms with Crippen LogP contribution in [0.25, 0.3) is 0 Å².